The van der Waals surface area contributed by atoms with Crippen molar-refractivity contribution in [3.05, 3.63) is 169 Å². The number of aromatic nitrogens is 2. The molecule has 4 heteroatoms. The van der Waals surface area contributed by atoms with Crippen LogP contribution in [0, 0.1) is 32.9 Å². The SMILES string of the molecule is Cc1ccccc1-c1cnc(-c2[c-]cc3c(c2)-c2cccc(c2C)-c2ccccc2N3)cc1C.[Ir].[c-]1ccccc1-c1ccccn1. The Morgan fingerprint density at radius 1 is 0.511 bits per heavy atom. The van der Waals surface area contributed by atoms with Gasteiger partial charge in [0.25, 0.3) is 0 Å². The van der Waals surface area contributed by atoms with E-state index in [-0.39, 0.29) is 20.1 Å². The number of fused-ring (bicyclic) bond motifs is 6. The molecule has 1 N–H and O–H groups in total. The molecule has 0 unspecified atom stereocenters. The molecule has 3 nitrogen and oxygen atoms in total. The molecular weight excluding hydrogens is 751 g/mol. The Bertz CT molecular complexity index is 2120. The van der Waals surface area contributed by atoms with E-state index in [2.05, 4.69) is 128 Å². The Kier molecular flexibility index (Phi) is 9.54. The topological polar surface area (TPSA) is 37.8 Å². The first-order valence-corrected chi connectivity index (χ1v) is 15.5. The first kappa shape index (κ1) is 31.8. The molecule has 0 saturated heterocycles. The molecule has 1 aliphatic rings. The molecule has 0 aliphatic carbocycles. The number of benzene rings is 5. The molecule has 5 aromatic carbocycles. The fraction of sp³-hybridized carbons (Fsp3) is 0.0698. The summed E-state index contributed by atoms with van der Waals surface area (Å²) in [4.78, 5) is 9.07. The van der Waals surface area contributed by atoms with Crippen LogP contribution in [-0.4, -0.2) is 9.97 Å². The Morgan fingerprint density at radius 2 is 1.23 bits per heavy atom. The van der Waals surface area contributed by atoms with E-state index in [1.165, 1.54) is 50.1 Å². The minimum Gasteiger partial charge on any atom is -0.394 e. The number of para-hydroxylation sites is 1. The largest absolute Gasteiger partial charge is 0.394 e. The van der Waals surface area contributed by atoms with E-state index >= 15 is 0 Å². The molecule has 3 heterocycles. The number of hydrogen-bond acceptors (Lipinski definition) is 3. The molecule has 2 bridgehead atoms. The van der Waals surface area contributed by atoms with E-state index in [0.717, 1.165) is 33.9 Å². The second kappa shape index (κ2) is 14.1. The van der Waals surface area contributed by atoms with Gasteiger partial charge in [-0.25, -0.2) is 0 Å². The summed E-state index contributed by atoms with van der Waals surface area (Å²) in [6.45, 7) is 6.52. The molecule has 7 aromatic rings. The van der Waals surface area contributed by atoms with Crippen LogP contribution < -0.4 is 5.32 Å². The van der Waals surface area contributed by atoms with Crippen LogP contribution in [0.15, 0.2) is 140 Å². The molecule has 2 aromatic heterocycles. The van der Waals surface area contributed by atoms with Crippen LogP contribution in [0.25, 0.3) is 55.9 Å². The Labute approximate surface area is 290 Å². The maximum atomic E-state index is 4.86. The van der Waals surface area contributed by atoms with Crippen LogP contribution >= 0.6 is 0 Å². The third-order valence-electron chi connectivity index (χ3n) is 8.53. The van der Waals surface area contributed by atoms with Crippen molar-refractivity contribution in [2.45, 2.75) is 20.8 Å². The van der Waals surface area contributed by atoms with E-state index < -0.39 is 0 Å². The summed E-state index contributed by atoms with van der Waals surface area (Å²) in [5.41, 5.74) is 17.2. The molecule has 0 saturated carbocycles. The quantitative estimate of drug-likeness (QED) is 0.181. The van der Waals surface area contributed by atoms with Crippen molar-refractivity contribution < 1.29 is 20.1 Å². The molecule has 8 rings (SSSR count). The van der Waals surface area contributed by atoms with Crippen LogP contribution in [0.1, 0.15) is 16.7 Å². The predicted octanol–water partition coefficient (Wildman–Crippen LogP) is 11.1. The third kappa shape index (κ3) is 6.57. The first-order chi connectivity index (χ1) is 22.6. The number of hydrogen-bond donors (Lipinski definition) is 1. The standard InChI is InChI=1S/C32H25N2.C11H8N.Ir/c1-20-9-4-5-10-24(20)29-19-33-32(17-21(29)2)23-15-16-31-28(18-23)26-13-8-12-25(22(26)3)27-11-6-7-14-30(27)34-31;1-2-6-10(7-3-1)11-8-4-5-9-12-11;/h4-14,16-19,34H,1-3H3;1-6,8-9H;/q2*-1;. The van der Waals surface area contributed by atoms with Gasteiger partial charge in [0.2, 0.25) is 0 Å². The van der Waals surface area contributed by atoms with Crippen molar-refractivity contribution in [1.29, 1.82) is 0 Å². The zero-order chi connectivity index (χ0) is 31.5. The molecule has 0 spiro atoms. The van der Waals surface area contributed by atoms with Crippen molar-refractivity contribution in [2.75, 3.05) is 5.32 Å². The molecule has 0 atom stereocenters. The van der Waals surface area contributed by atoms with Crippen LogP contribution in [-0.2, 0) is 20.1 Å². The normalized spacial score (nSPS) is 10.9. The molecule has 231 valence electrons. The minimum atomic E-state index is 0. The van der Waals surface area contributed by atoms with Crippen molar-refractivity contribution in [3.8, 4) is 55.9 Å². The summed E-state index contributed by atoms with van der Waals surface area (Å²) >= 11 is 0. The second-order valence-electron chi connectivity index (χ2n) is 11.5. The summed E-state index contributed by atoms with van der Waals surface area (Å²) < 4.78 is 0. The van der Waals surface area contributed by atoms with Crippen LogP contribution in [0.2, 0.25) is 0 Å². The first-order valence-electron chi connectivity index (χ1n) is 15.5. The summed E-state index contributed by atoms with van der Waals surface area (Å²) in [5.74, 6) is 0. The Morgan fingerprint density at radius 3 is 1.98 bits per heavy atom. The molecule has 0 amide bonds. The number of aryl methyl sites for hydroxylation is 2. The van der Waals surface area contributed by atoms with E-state index in [1.807, 2.05) is 48.7 Å². The van der Waals surface area contributed by atoms with Gasteiger partial charge in [-0.2, -0.15) is 0 Å². The number of rotatable bonds is 3. The number of nitrogens with one attached hydrogen (secondary N) is 1. The van der Waals surface area contributed by atoms with Gasteiger partial charge in [0.05, 0.1) is 0 Å². The van der Waals surface area contributed by atoms with Crippen molar-refractivity contribution >= 4 is 11.4 Å². The fourth-order valence-electron chi connectivity index (χ4n) is 6.09. The Balaban J connectivity index is 0.000000250. The summed E-state index contributed by atoms with van der Waals surface area (Å²) in [6.07, 6.45) is 3.79. The maximum absolute atomic E-state index is 4.86. The monoisotopic (exact) mass is 784 g/mol. The van der Waals surface area contributed by atoms with Gasteiger partial charge in [0, 0.05) is 49.3 Å². The van der Waals surface area contributed by atoms with Gasteiger partial charge in [-0.1, -0.05) is 84.4 Å². The van der Waals surface area contributed by atoms with Gasteiger partial charge in [-0.3, -0.25) is 0 Å². The van der Waals surface area contributed by atoms with Crippen LogP contribution in [0.3, 0.4) is 0 Å². The molecule has 47 heavy (non-hydrogen) atoms. The summed E-state index contributed by atoms with van der Waals surface area (Å²) in [6, 6.07) is 50.3. The Hall–Kier alpha value is -5.15. The number of anilines is 2. The maximum Gasteiger partial charge on any atom is 0.0381 e. The van der Waals surface area contributed by atoms with Gasteiger partial charge in [-0.15, -0.1) is 59.7 Å². The third-order valence-corrected chi connectivity index (χ3v) is 8.53. The van der Waals surface area contributed by atoms with E-state index in [9.17, 15) is 0 Å². The number of nitrogens with zero attached hydrogens (tertiary/aromatic N) is 2. The fourth-order valence-corrected chi connectivity index (χ4v) is 6.09. The van der Waals surface area contributed by atoms with Crippen molar-refractivity contribution in [1.82, 2.24) is 9.97 Å². The van der Waals surface area contributed by atoms with Gasteiger partial charge in [0.1, 0.15) is 0 Å². The minimum absolute atomic E-state index is 0. The van der Waals surface area contributed by atoms with Crippen LogP contribution in [0.5, 0.6) is 0 Å². The number of pyridine rings is 2. The molecule has 0 fully saturated rings. The van der Waals surface area contributed by atoms with Gasteiger partial charge >= 0.3 is 0 Å². The summed E-state index contributed by atoms with van der Waals surface area (Å²) in [7, 11) is 0. The zero-order valence-corrected chi connectivity index (χ0v) is 28.9. The van der Waals surface area contributed by atoms with Crippen LogP contribution in [0.4, 0.5) is 11.4 Å². The van der Waals surface area contributed by atoms with Crippen molar-refractivity contribution in [2.24, 2.45) is 0 Å². The average Bonchev–Trinajstić information content (AvgIpc) is 3.10. The molecular formula is C43H33IrN3-2. The van der Waals surface area contributed by atoms with Gasteiger partial charge in [0.15, 0.2) is 0 Å². The molecule has 1 radical (unpaired) electrons. The summed E-state index contributed by atoms with van der Waals surface area (Å²) in [5, 5.41) is 3.66. The van der Waals surface area contributed by atoms with E-state index in [4.69, 9.17) is 4.98 Å². The van der Waals surface area contributed by atoms with Crippen molar-refractivity contribution in [3.63, 3.8) is 0 Å². The zero-order valence-electron chi connectivity index (χ0n) is 26.5. The van der Waals surface area contributed by atoms with E-state index in [0.29, 0.717) is 0 Å². The van der Waals surface area contributed by atoms with Gasteiger partial charge < -0.3 is 15.3 Å². The predicted molar refractivity (Wildman–Crippen MR) is 191 cm³/mol. The molecule has 1 aliphatic heterocycles. The van der Waals surface area contributed by atoms with Gasteiger partial charge in [-0.05, 0) is 83.4 Å². The smallest absolute Gasteiger partial charge is 0.0381 e. The van der Waals surface area contributed by atoms with E-state index in [1.54, 1.807) is 6.20 Å². The average molecular weight is 784 g/mol. The second-order valence-corrected chi connectivity index (χ2v) is 11.5.